The minimum atomic E-state index is -3.41. The van der Waals surface area contributed by atoms with Crippen LogP contribution in [0.25, 0.3) is 0 Å². The number of nitriles is 1. The monoisotopic (exact) mass is 232 g/mol. The summed E-state index contributed by atoms with van der Waals surface area (Å²) in [5, 5.41) is 7.83. The Morgan fingerprint density at radius 3 is 2.33 bits per heavy atom. The standard InChI is InChI=1S/C10H20N2O2S/c1-4-6-7-8-12(3)15(13,14)10(5-2)9-11/h10H,4-8H2,1-3H3. The maximum absolute atomic E-state index is 11.8. The van der Waals surface area contributed by atoms with Crippen LogP contribution >= 0.6 is 0 Å². The van der Waals surface area contributed by atoms with Crippen molar-refractivity contribution < 1.29 is 8.42 Å². The third kappa shape index (κ3) is 4.18. The van der Waals surface area contributed by atoms with Crippen molar-refractivity contribution >= 4 is 10.0 Å². The first kappa shape index (κ1) is 14.4. The first-order valence-corrected chi connectivity index (χ1v) is 6.85. The molecule has 0 aliphatic carbocycles. The van der Waals surface area contributed by atoms with E-state index in [0.29, 0.717) is 13.0 Å². The molecule has 1 atom stereocenters. The molecule has 0 aromatic carbocycles. The summed E-state index contributed by atoms with van der Waals surface area (Å²) in [5.74, 6) is 0. The Bertz CT molecular complexity index is 306. The number of hydrogen-bond acceptors (Lipinski definition) is 3. The van der Waals surface area contributed by atoms with Gasteiger partial charge in [0.1, 0.15) is 0 Å². The molecule has 0 spiro atoms. The minimum Gasteiger partial charge on any atom is -0.211 e. The SMILES string of the molecule is CCCCCN(C)S(=O)(=O)C(C#N)CC. The summed E-state index contributed by atoms with van der Waals surface area (Å²) in [6.07, 6.45) is 3.28. The lowest BCUT2D eigenvalue weighted by atomic mass is 10.2. The molecule has 0 aromatic rings. The molecule has 0 amide bonds. The molecule has 15 heavy (non-hydrogen) atoms. The minimum absolute atomic E-state index is 0.344. The first-order chi connectivity index (χ1) is 7.00. The summed E-state index contributed by atoms with van der Waals surface area (Å²) in [6, 6.07) is 1.83. The second-order valence-corrected chi connectivity index (χ2v) is 5.82. The van der Waals surface area contributed by atoms with Crippen molar-refractivity contribution in [2.24, 2.45) is 0 Å². The molecule has 0 saturated heterocycles. The fourth-order valence-electron chi connectivity index (χ4n) is 1.30. The van der Waals surface area contributed by atoms with E-state index in [9.17, 15) is 8.42 Å². The summed E-state index contributed by atoms with van der Waals surface area (Å²) in [5.41, 5.74) is 0. The Morgan fingerprint density at radius 1 is 1.33 bits per heavy atom. The van der Waals surface area contributed by atoms with Gasteiger partial charge in [0.15, 0.2) is 5.25 Å². The molecule has 0 aromatic heterocycles. The van der Waals surface area contributed by atoms with Crippen molar-refractivity contribution in [2.75, 3.05) is 13.6 Å². The van der Waals surface area contributed by atoms with Crippen LogP contribution in [0, 0.1) is 11.3 Å². The van der Waals surface area contributed by atoms with Gasteiger partial charge in [-0.3, -0.25) is 0 Å². The van der Waals surface area contributed by atoms with E-state index in [0.717, 1.165) is 19.3 Å². The van der Waals surface area contributed by atoms with E-state index in [4.69, 9.17) is 5.26 Å². The Labute approximate surface area is 92.9 Å². The van der Waals surface area contributed by atoms with Gasteiger partial charge in [0.05, 0.1) is 6.07 Å². The number of unbranched alkanes of at least 4 members (excludes halogenated alkanes) is 2. The highest BCUT2D eigenvalue weighted by atomic mass is 32.2. The van der Waals surface area contributed by atoms with E-state index in [1.165, 1.54) is 4.31 Å². The zero-order chi connectivity index (χ0) is 11.9. The molecule has 0 radical (unpaired) electrons. The Kier molecular flexibility index (Phi) is 6.53. The van der Waals surface area contributed by atoms with Crippen molar-refractivity contribution in [3.63, 3.8) is 0 Å². The van der Waals surface area contributed by atoms with E-state index in [-0.39, 0.29) is 0 Å². The van der Waals surface area contributed by atoms with Crippen LogP contribution in [0.5, 0.6) is 0 Å². The summed E-state index contributed by atoms with van der Waals surface area (Å²) in [7, 11) is -1.86. The van der Waals surface area contributed by atoms with Crippen LogP contribution in [-0.4, -0.2) is 31.6 Å². The lowest BCUT2D eigenvalue weighted by Gasteiger charge is -2.19. The van der Waals surface area contributed by atoms with Crippen molar-refractivity contribution in [1.82, 2.24) is 4.31 Å². The molecule has 0 aliphatic heterocycles. The second kappa shape index (κ2) is 6.81. The Balaban J connectivity index is 4.39. The zero-order valence-corrected chi connectivity index (χ0v) is 10.5. The highest BCUT2D eigenvalue weighted by Crippen LogP contribution is 2.11. The van der Waals surface area contributed by atoms with Gasteiger partial charge in [0.25, 0.3) is 0 Å². The number of rotatable bonds is 7. The van der Waals surface area contributed by atoms with Gasteiger partial charge in [-0.2, -0.15) is 5.26 Å². The molecule has 0 rings (SSSR count). The third-order valence-electron chi connectivity index (χ3n) is 2.39. The van der Waals surface area contributed by atoms with Crippen molar-refractivity contribution in [3.8, 4) is 6.07 Å². The van der Waals surface area contributed by atoms with Gasteiger partial charge in [0, 0.05) is 13.6 Å². The molecule has 0 saturated carbocycles. The number of nitrogens with zero attached hydrogens (tertiary/aromatic N) is 2. The largest absolute Gasteiger partial charge is 0.230 e. The quantitative estimate of drug-likeness (QED) is 0.628. The normalized spacial score (nSPS) is 13.8. The molecule has 4 nitrogen and oxygen atoms in total. The first-order valence-electron chi connectivity index (χ1n) is 5.35. The van der Waals surface area contributed by atoms with Crippen molar-refractivity contribution in [3.05, 3.63) is 0 Å². The van der Waals surface area contributed by atoms with E-state index in [2.05, 4.69) is 6.92 Å². The van der Waals surface area contributed by atoms with E-state index >= 15 is 0 Å². The van der Waals surface area contributed by atoms with Gasteiger partial charge in [-0.15, -0.1) is 0 Å². The predicted molar refractivity (Wildman–Crippen MR) is 60.8 cm³/mol. The molecule has 0 fully saturated rings. The number of sulfonamides is 1. The van der Waals surface area contributed by atoms with Gasteiger partial charge < -0.3 is 0 Å². The topological polar surface area (TPSA) is 61.2 Å². The maximum Gasteiger partial charge on any atom is 0.230 e. The molecule has 0 N–H and O–H groups in total. The molecule has 0 bridgehead atoms. The zero-order valence-electron chi connectivity index (χ0n) is 9.73. The van der Waals surface area contributed by atoms with Crippen LogP contribution in [-0.2, 0) is 10.0 Å². The molecule has 1 unspecified atom stereocenters. The maximum atomic E-state index is 11.8. The van der Waals surface area contributed by atoms with Gasteiger partial charge in [0.2, 0.25) is 10.0 Å². The van der Waals surface area contributed by atoms with Gasteiger partial charge in [-0.1, -0.05) is 26.7 Å². The molecule has 5 heteroatoms. The molecule has 0 aliphatic rings. The summed E-state index contributed by atoms with van der Waals surface area (Å²) in [4.78, 5) is 0. The smallest absolute Gasteiger partial charge is 0.211 e. The molecular weight excluding hydrogens is 212 g/mol. The Hall–Kier alpha value is -0.600. The molecular formula is C10H20N2O2S. The van der Waals surface area contributed by atoms with Gasteiger partial charge >= 0.3 is 0 Å². The van der Waals surface area contributed by atoms with Crippen LogP contribution in [0.4, 0.5) is 0 Å². The number of hydrogen-bond donors (Lipinski definition) is 0. The predicted octanol–water partition coefficient (Wildman–Crippen LogP) is 1.74. The molecule has 88 valence electrons. The summed E-state index contributed by atoms with van der Waals surface area (Å²) < 4.78 is 24.9. The summed E-state index contributed by atoms with van der Waals surface area (Å²) in [6.45, 7) is 4.29. The van der Waals surface area contributed by atoms with E-state index in [1.54, 1.807) is 14.0 Å². The van der Waals surface area contributed by atoms with E-state index in [1.807, 2.05) is 6.07 Å². The summed E-state index contributed by atoms with van der Waals surface area (Å²) >= 11 is 0. The second-order valence-electron chi connectivity index (χ2n) is 3.60. The molecule has 0 heterocycles. The van der Waals surface area contributed by atoms with Crippen LogP contribution in [0.15, 0.2) is 0 Å². The van der Waals surface area contributed by atoms with Gasteiger partial charge in [-0.25, -0.2) is 12.7 Å². The van der Waals surface area contributed by atoms with E-state index < -0.39 is 15.3 Å². The van der Waals surface area contributed by atoms with Crippen molar-refractivity contribution in [1.29, 1.82) is 5.26 Å². The lowest BCUT2D eigenvalue weighted by molar-refractivity contribution is 0.449. The highest BCUT2D eigenvalue weighted by molar-refractivity contribution is 7.89. The lowest BCUT2D eigenvalue weighted by Crippen LogP contribution is -2.35. The highest BCUT2D eigenvalue weighted by Gasteiger charge is 2.27. The average Bonchev–Trinajstić information content (AvgIpc) is 2.19. The fraction of sp³-hybridized carbons (Fsp3) is 0.900. The fourth-order valence-corrected chi connectivity index (χ4v) is 2.67. The van der Waals surface area contributed by atoms with Crippen LogP contribution < -0.4 is 0 Å². The van der Waals surface area contributed by atoms with Crippen LogP contribution in [0.1, 0.15) is 39.5 Å². The van der Waals surface area contributed by atoms with Crippen LogP contribution in [0.3, 0.4) is 0 Å². The third-order valence-corrected chi connectivity index (χ3v) is 4.59. The van der Waals surface area contributed by atoms with Crippen LogP contribution in [0.2, 0.25) is 0 Å². The van der Waals surface area contributed by atoms with Crippen molar-refractivity contribution in [2.45, 2.75) is 44.8 Å². The van der Waals surface area contributed by atoms with Gasteiger partial charge in [-0.05, 0) is 12.8 Å². The Morgan fingerprint density at radius 2 is 1.93 bits per heavy atom. The average molecular weight is 232 g/mol.